The molecule has 1 atom stereocenters. The van der Waals surface area contributed by atoms with Crippen LogP contribution in [-0.2, 0) is 0 Å². The maximum Gasteiger partial charge on any atom is 0.160 e. The maximum absolute atomic E-state index is 6.59. The second-order valence-corrected chi connectivity index (χ2v) is 16.8. The average Bonchev–Trinajstić information content (AvgIpc) is 3.80. The fourth-order valence-corrected chi connectivity index (χ4v) is 9.12. The highest BCUT2D eigenvalue weighted by Crippen LogP contribution is 2.41. The molecule has 2 aromatic heterocycles. The molecule has 0 bridgehead atoms. The van der Waals surface area contributed by atoms with E-state index in [0.717, 1.165) is 100 Å². The maximum atomic E-state index is 6.59. The summed E-state index contributed by atoms with van der Waals surface area (Å²) in [5, 5.41) is 5.93. The van der Waals surface area contributed by atoms with Crippen LogP contribution in [0.4, 0.5) is 0 Å². The van der Waals surface area contributed by atoms with Gasteiger partial charge in [-0.3, -0.25) is 4.99 Å². The Hall–Kier alpha value is -8.93. The highest BCUT2D eigenvalue weighted by Gasteiger charge is 2.21. The first-order chi connectivity index (χ1) is 33.2. The van der Waals surface area contributed by atoms with Crippen molar-refractivity contribution in [2.45, 2.75) is 6.17 Å². The standard InChI is InChI=1S/C62H42N4O/c1-5-16-41(17-6-1)49-24-15-25-50(36-49)57-40-56(65-62(66-57)48-22-11-4-12-23-48)46-34-30-43(31-35-46)53-37-51(38-59-60(53)52-26-13-14-27-58(52)67-59)42-28-32-45(33-29-42)55-39-54(44-18-7-2-8-19-44)63-61(64-55)47-20-9-3-10-21-47/h1-40,62,66H. The van der Waals surface area contributed by atoms with Gasteiger partial charge in [-0.05, 0) is 86.5 Å². The first-order valence-corrected chi connectivity index (χ1v) is 22.6. The molecule has 0 saturated heterocycles. The molecule has 0 saturated carbocycles. The van der Waals surface area contributed by atoms with E-state index < -0.39 is 0 Å². The van der Waals surface area contributed by atoms with E-state index in [-0.39, 0.29) is 6.17 Å². The molecule has 1 N–H and O–H groups in total. The molecule has 1 aliphatic heterocycles. The number of para-hydroxylation sites is 1. The van der Waals surface area contributed by atoms with E-state index in [9.17, 15) is 0 Å². The number of benzene rings is 9. The molecule has 5 heteroatoms. The van der Waals surface area contributed by atoms with E-state index in [1.807, 2.05) is 54.6 Å². The van der Waals surface area contributed by atoms with Crippen LogP contribution in [0.15, 0.2) is 252 Å². The number of rotatable bonds is 9. The van der Waals surface area contributed by atoms with Gasteiger partial charge >= 0.3 is 0 Å². The van der Waals surface area contributed by atoms with Gasteiger partial charge in [-0.1, -0.05) is 206 Å². The minimum absolute atomic E-state index is 0.248. The highest BCUT2D eigenvalue weighted by atomic mass is 16.3. The number of nitrogens with zero attached hydrogens (tertiary/aromatic N) is 3. The monoisotopic (exact) mass is 858 g/mol. The molecule has 1 unspecified atom stereocenters. The van der Waals surface area contributed by atoms with Crippen molar-refractivity contribution in [3.63, 3.8) is 0 Å². The second-order valence-electron chi connectivity index (χ2n) is 16.8. The van der Waals surface area contributed by atoms with Gasteiger partial charge in [-0.25, -0.2) is 9.97 Å². The van der Waals surface area contributed by atoms with E-state index in [1.54, 1.807) is 0 Å². The summed E-state index contributed by atoms with van der Waals surface area (Å²) >= 11 is 0. The summed E-state index contributed by atoms with van der Waals surface area (Å²) in [6.45, 7) is 0. The van der Waals surface area contributed by atoms with Gasteiger partial charge in [0.1, 0.15) is 17.3 Å². The molecule has 1 aliphatic rings. The van der Waals surface area contributed by atoms with Crippen LogP contribution in [0, 0.1) is 0 Å². The third-order valence-electron chi connectivity index (χ3n) is 12.5. The molecule has 0 aliphatic carbocycles. The Balaban J connectivity index is 0.917. The van der Waals surface area contributed by atoms with Gasteiger partial charge < -0.3 is 9.73 Å². The summed E-state index contributed by atoms with van der Waals surface area (Å²) in [6, 6.07) is 82.5. The lowest BCUT2D eigenvalue weighted by atomic mass is 9.93. The van der Waals surface area contributed by atoms with Crippen molar-refractivity contribution in [1.29, 1.82) is 0 Å². The zero-order valence-corrected chi connectivity index (χ0v) is 36.4. The first kappa shape index (κ1) is 39.6. The topological polar surface area (TPSA) is 63.3 Å². The van der Waals surface area contributed by atoms with Crippen LogP contribution in [0.5, 0.6) is 0 Å². The zero-order chi connectivity index (χ0) is 44.5. The molecule has 0 spiro atoms. The number of allylic oxidation sites excluding steroid dienone is 1. The molecule has 5 nitrogen and oxygen atoms in total. The Morgan fingerprint density at radius 1 is 0.373 bits per heavy atom. The number of aliphatic imine (C=N–C) groups is 1. The van der Waals surface area contributed by atoms with Gasteiger partial charge in [0, 0.05) is 33.2 Å². The number of hydrogen-bond acceptors (Lipinski definition) is 5. The summed E-state index contributed by atoms with van der Waals surface area (Å²) in [5.41, 5.74) is 18.4. The Labute approximate surface area is 389 Å². The minimum Gasteiger partial charge on any atom is -0.456 e. The van der Waals surface area contributed by atoms with Gasteiger partial charge in [0.25, 0.3) is 0 Å². The molecular formula is C62H42N4O. The van der Waals surface area contributed by atoms with E-state index in [1.165, 1.54) is 11.1 Å². The molecule has 0 radical (unpaired) electrons. The van der Waals surface area contributed by atoms with Crippen LogP contribution in [-0.4, -0.2) is 15.7 Å². The van der Waals surface area contributed by atoms with Gasteiger partial charge in [-0.2, -0.15) is 0 Å². The zero-order valence-electron chi connectivity index (χ0n) is 36.4. The van der Waals surface area contributed by atoms with Gasteiger partial charge in [-0.15, -0.1) is 0 Å². The molecule has 11 aromatic rings. The number of nitrogens with one attached hydrogen (secondary N) is 1. The van der Waals surface area contributed by atoms with Crippen LogP contribution in [0.25, 0.3) is 94.9 Å². The summed E-state index contributed by atoms with van der Waals surface area (Å²) < 4.78 is 6.59. The average molecular weight is 859 g/mol. The van der Waals surface area contributed by atoms with E-state index >= 15 is 0 Å². The second kappa shape index (κ2) is 17.2. The molecule has 67 heavy (non-hydrogen) atoms. The fourth-order valence-electron chi connectivity index (χ4n) is 9.12. The Morgan fingerprint density at radius 3 is 1.63 bits per heavy atom. The number of aromatic nitrogens is 2. The van der Waals surface area contributed by atoms with Crippen molar-refractivity contribution in [3.05, 3.63) is 259 Å². The normalized spacial score (nSPS) is 13.5. The Morgan fingerprint density at radius 2 is 0.910 bits per heavy atom. The summed E-state index contributed by atoms with van der Waals surface area (Å²) in [5.74, 6) is 0.695. The van der Waals surface area contributed by atoms with Gasteiger partial charge in [0.05, 0.1) is 17.1 Å². The van der Waals surface area contributed by atoms with Crippen molar-refractivity contribution in [3.8, 4) is 67.3 Å². The van der Waals surface area contributed by atoms with Crippen LogP contribution >= 0.6 is 0 Å². The third-order valence-corrected chi connectivity index (χ3v) is 12.5. The highest BCUT2D eigenvalue weighted by molar-refractivity contribution is 6.15. The smallest absolute Gasteiger partial charge is 0.160 e. The van der Waals surface area contributed by atoms with E-state index in [2.05, 4.69) is 193 Å². The Kier molecular flexibility index (Phi) is 10.2. The van der Waals surface area contributed by atoms with Crippen LogP contribution in [0.1, 0.15) is 22.9 Å². The molecule has 0 fully saturated rings. The van der Waals surface area contributed by atoms with Crippen molar-refractivity contribution in [2.24, 2.45) is 4.99 Å². The molecule has 0 amide bonds. The van der Waals surface area contributed by atoms with Crippen molar-refractivity contribution in [1.82, 2.24) is 15.3 Å². The summed E-state index contributed by atoms with van der Waals surface area (Å²) in [7, 11) is 0. The summed E-state index contributed by atoms with van der Waals surface area (Å²) in [4.78, 5) is 15.4. The predicted octanol–water partition coefficient (Wildman–Crippen LogP) is 15.5. The van der Waals surface area contributed by atoms with Gasteiger partial charge in [0.2, 0.25) is 0 Å². The van der Waals surface area contributed by atoms with E-state index in [4.69, 9.17) is 19.4 Å². The quantitative estimate of drug-likeness (QED) is 0.157. The largest absolute Gasteiger partial charge is 0.456 e. The molecule has 12 rings (SSSR count). The molecule has 9 aromatic carbocycles. The van der Waals surface area contributed by atoms with Crippen LogP contribution < -0.4 is 5.32 Å². The van der Waals surface area contributed by atoms with Crippen LogP contribution in [0.2, 0.25) is 0 Å². The Bertz CT molecular complexity index is 3560. The van der Waals surface area contributed by atoms with E-state index in [0.29, 0.717) is 5.82 Å². The lowest BCUT2D eigenvalue weighted by Gasteiger charge is -2.25. The van der Waals surface area contributed by atoms with Crippen molar-refractivity contribution in [2.75, 3.05) is 0 Å². The number of fused-ring (bicyclic) bond motifs is 3. The number of furan rings is 1. The SMILES string of the molecule is C1=C(c2cccc(-c3ccccc3)c2)NC(c2ccccc2)N=C1c1ccc(-c2cc(-c3ccc(-c4cc(-c5ccccc5)nc(-c5ccccc5)n4)cc3)cc3oc4ccccc4c23)cc1. The third kappa shape index (κ3) is 7.89. The molecule has 3 heterocycles. The lowest BCUT2D eigenvalue weighted by molar-refractivity contribution is 0.664. The summed E-state index contributed by atoms with van der Waals surface area (Å²) in [6.07, 6.45) is 1.93. The number of hydrogen-bond donors (Lipinski definition) is 1. The fraction of sp³-hybridized carbons (Fsp3) is 0.0161. The minimum atomic E-state index is -0.248. The van der Waals surface area contributed by atoms with Crippen molar-refractivity contribution < 1.29 is 4.42 Å². The predicted molar refractivity (Wildman–Crippen MR) is 275 cm³/mol. The molecular weight excluding hydrogens is 817 g/mol. The van der Waals surface area contributed by atoms with Gasteiger partial charge in [0.15, 0.2) is 5.82 Å². The molecule has 316 valence electrons. The first-order valence-electron chi connectivity index (χ1n) is 22.6. The van der Waals surface area contributed by atoms with Crippen LogP contribution in [0.3, 0.4) is 0 Å². The van der Waals surface area contributed by atoms with Crippen molar-refractivity contribution >= 4 is 33.3 Å². The lowest BCUT2D eigenvalue weighted by Crippen LogP contribution is -2.24.